The van der Waals surface area contributed by atoms with Gasteiger partial charge in [-0.25, -0.2) is 0 Å². The van der Waals surface area contributed by atoms with Crippen LogP contribution in [0.1, 0.15) is 81.8 Å². The van der Waals surface area contributed by atoms with Crippen molar-refractivity contribution in [2.24, 2.45) is 17.8 Å². The van der Waals surface area contributed by atoms with Gasteiger partial charge in [0.2, 0.25) is 5.91 Å². The zero-order valence-corrected chi connectivity index (χ0v) is 20.8. The number of amides is 1. The second kappa shape index (κ2) is 9.26. The summed E-state index contributed by atoms with van der Waals surface area (Å²) in [5.41, 5.74) is 3.90. The Morgan fingerprint density at radius 2 is 1.88 bits per heavy atom. The highest BCUT2D eigenvalue weighted by Gasteiger charge is 2.47. The lowest BCUT2D eigenvalue weighted by atomic mass is 9.68. The number of rotatable bonds is 4. The van der Waals surface area contributed by atoms with Crippen molar-refractivity contribution in [2.75, 3.05) is 19.6 Å². The number of hydrogen-bond donors (Lipinski definition) is 0. The smallest absolute Gasteiger partial charge is 0.230 e. The summed E-state index contributed by atoms with van der Waals surface area (Å²) < 4.78 is 0. The van der Waals surface area contributed by atoms with Crippen molar-refractivity contribution < 1.29 is 9.59 Å². The van der Waals surface area contributed by atoms with Crippen LogP contribution in [0.25, 0.3) is 0 Å². The molecule has 0 radical (unpaired) electrons. The molecule has 0 spiro atoms. The number of nitrogens with zero attached hydrogens (tertiary/aromatic N) is 2. The summed E-state index contributed by atoms with van der Waals surface area (Å²) in [6.45, 7) is 5.41. The number of ketones is 1. The zero-order valence-electron chi connectivity index (χ0n) is 20.8. The maximum Gasteiger partial charge on any atom is 0.230 e. The lowest BCUT2D eigenvalue weighted by Crippen LogP contribution is -2.60. The van der Waals surface area contributed by atoms with Crippen molar-refractivity contribution in [1.82, 2.24) is 9.80 Å². The number of benzene rings is 1. The maximum absolute atomic E-state index is 13.8. The Morgan fingerprint density at radius 3 is 2.68 bits per heavy atom. The molecule has 6 atom stereocenters. The van der Waals surface area contributed by atoms with E-state index in [1.807, 2.05) is 0 Å². The van der Waals surface area contributed by atoms with Gasteiger partial charge in [-0.2, -0.15) is 0 Å². The summed E-state index contributed by atoms with van der Waals surface area (Å²) in [5.74, 6) is 2.11. The molecule has 1 amide bonds. The van der Waals surface area contributed by atoms with Crippen LogP contribution in [0.5, 0.6) is 0 Å². The van der Waals surface area contributed by atoms with Gasteiger partial charge in [-0.05, 0) is 87.8 Å². The molecule has 1 saturated carbocycles. The molecule has 182 valence electrons. The van der Waals surface area contributed by atoms with E-state index >= 15 is 0 Å². The largest absolute Gasteiger partial charge is 0.335 e. The third-order valence-electron chi connectivity index (χ3n) is 9.70. The van der Waals surface area contributed by atoms with E-state index in [1.54, 1.807) is 5.57 Å². The molecule has 0 unspecified atom stereocenters. The van der Waals surface area contributed by atoms with Crippen LogP contribution < -0.4 is 0 Å². The monoisotopic (exact) mass is 460 g/mol. The minimum atomic E-state index is -0.120. The van der Waals surface area contributed by atoms with Crippen molar-refractivity contribution in [1.29, 1.82) is 0 Å². The first-order chi connectivity index (χ1) is 16.6. The fraction of sp³-hybridized carbons (Fsp3) is 0.667. The second-order valence-corrected chi connectivity index (χ2v) is 11.8. The Kier molecular flexibility index (Phi) is 6.13. The molecule has 3 aliphatic heterocycles. The Hall–Kier alpha value is -1.94. The molecule has 1 aromatic carbocycles. The summed E-state index contributed by atoms with van der Waals surface area (Å²) in [7, 11) is 0. The van der Waals surface area contributed by atoms with Gasteiger partial charge in [0, 0.05) is 31.5 Å². The number of piperidine rings is 3. The summed E-state index contributed by atoms with van der Waals surface area (Å²) in [5, 5.41) is 0. The first kappa shape index (κ1) is 22.5. The number of fused-ring (bicyclic) bond motifs is 6. The molecule has 0 N–H and O–H groups in total. The second-order valence-electron chi connectivity index (χ2n) is 11.8. The number of hydrogen-bond acceptors (Lipinski definition) is 3. The van der Waals surface area contributed by atoms with Gasteiger partial charge < -0.3 is 4.90 Å². The number of carbonyl (C=O) groups excluding carboxylic acids is 2. The Balaban J connectivity index is 1.17. The molecule has 4 nitrogen and oxygen atoms in total. The number of Topliss-reactive ketones (excluding diaryl/α,β-unsaturated/α-hetero) is 1. The van der Waals surface area contributed by atoms with Crippen LogP contribution >= 0.6 is 0 Å². The molecule has 0 aromatic heterocycles. The lowest BCUT2D eigenvalue weighted by Gasteiger charge is -2.55. The van der Waals surface area contributed by atoms with Gasteiger partial charge in [-0.1, -0.05) is 42.3 Å². The van der Waals surface area contributed by atoms with E-state index in [4.69, 9.17) is 0 Å². The van der Waals surface area contributed by atoms with Crippen molar-refractivity contribution in [3.63, 3.8) is 0 Å². The third-order valence-corrected chi connectivity index (χ3v) is 9.70. The lowest BCUT2D eigenvalue weighted by molar-refractivity contribution is -0.137. The van der Waals surface area contributed by atoms with Gasteiger partial charge in [0.1, 0.15) is 5.78 Å². The molecule has 3 heterocycles. The topological polar surface area (TPSA) is 40.6 Å². The van der Waals surface area contributed by atoms with Crippen molar-refractivity contribution in [3.8, 4) is 0 Å². The van der Waals surface area contributed by atoms with E-state index in [1.165, 1.54) is 50.8 Å². The molecule has 2 bridgehead atoms. The molecule has 5 aliphatic rings. The first-order valence-corrected chi connectivity index (χ1v) is 13.9. The Bertz CT molecular complexity index is 967. The molecule has 3 saturated heterocycles. The van der Waals surface area contributed by atoms with Crippen molar-refractivity contribution >= 4 is 11.7 Å². The van der Waals surface area contributed by atoms with Gasteiger partial charge in [-0.15, -0.1) is 0 Å². The molecular weight excluding hydrogens is 420 g/mol. The maximum atomic E-state index is 13.8. The van der Waals surface area contributed by atoms with E-state index in [0.29, 0.717) is 29.6 Å². The molecule has 4 heteroatoms. The quantitative estimate of drug-likeness (QED) is 0.586. The fourth-order valence-electron chi connectivity index (χ4n) is 7.94. The first-order valence-electron chi connectivity index (χ1n) is 13.9. The van der Waals surface area contributed by atoms with E-state index in [-0.39, 0.29) is 11.8 Å². The van der Waals surface area contributed by atoms with Gasteiger partial charge in [0.15, 0.2) is 0 Å². The van der Waals surface area contributed by atoms with Crippen LogP contribution in [0.3, 0.4) is 0 Å². The minimum absolute atomic E-state index is 0.120. The van der Waals surface area contributed by atoms with E-state index in [9.17, 15) is 9.59 Å². The molecule has 1 aromatic rings. The molecule has 6 rings (SSSR count). The van der Waals surface area contributed by atoms with E-state index in [0.717, 1.165) is 50.3 Å². The van der Waals surface area contributed by atoms with Crippen LogP contribution in [-0.4, -0.2) is 53.2 Å². The summed E-state index contributed by atoms with van der Waals surface area (Å²) in [6, 6.07) is 9.63. The number of likely N-dealkylation sites (tertiary alicyclic amines) is 1. The Morgan fingerprint density at radius 1 is 1.03 bits per heavy atom. The normalized spacial score (nSPS) is 34.3. The molecule has 34 heavy (non-hydrogen) atoms. The average Bonchev–Trinajstić information content (AvgIpc) is 3.27. The van der Waals surface area contributed by atoms with Crippen molar-refractivity contribution in [2.45, 2.75) is 89.1 Å². The minimum Gasteiger partial charge on any atom is -0.335 e. The highest BCUT2D eigenvalue weighted by atomic mass is 16.2. The van der Waals surface area contributed by atoms with Crippen LogP contribution in [-0.2, 0) is 16.0 Å². The fourth-order valence-corrected chi connectivity index (χ4v) is 7.94. The van der Waals surface area contributed by atoms with Gasteiger partial charge in [0.05, 0.1) is 12.0 Å². The summed E-state index contributed by atoms with van der Waals surface area (Å²) >= 11 is 0. The predicted molar refractivity (Wildman–Crippen MR) is 135 cm³/mol. The Labute approximate surface area is 204 Å². The standard InChI is InChI=1S/C30H40N2O2/c1-20(22-12-10-21(11-13-22)16-23-6-4-9-28(23)33)30(34)32-15-5-7-24-17-25-18-26(29(24)32)19-31-14-3-2-8-27(25)31/h10-13,17,20,23,25-27,29H,2-9,14-16,18-19H2,1H3/t20-,23+,25+,26+,27+,29+/m1/s1. The SMILES string of the molecule is C[C@@H](C(=O)N1CCCC2=C[C@H]3C[C@@H](CN4CCCC[C@@H]34)[C@H]21)c1ccc(C[C@@H]2CCCC2=O)cc1. The summed E-state index contributed by atoms with van der Waals surface area (Å²) in [4.78, 5) is 30.9. The van der Waals surface area contributed by atoms with E-state index < -0.39 is 0 Å². The van der Waals surface area contributed by atoms with E-state index in [2.05, 4.69) is 47.1 Å². The van der Waals surface area contributed by atoms with Gasteiger partial charge in [-0.3, -0.25) is 14.5 Å². The number of carbonyl (C=O) groups is 2. The van der Waals surface area contributed by atoms with Crippen molar-refractivity contribution in [3.05, 3.63) is 47.0 Å². The highest BCUT2D eigenvalue weighted by Crippen LogP contribution is 2.45. The predicted octanol–water partition coefficient (Wildman–Crippen LogP) is 5.12. The highest BCUT2D eigenvalue weighted by molar-refractivity contribution is 5.84. The van der Waals surface area contributed by atoms with Gasteiger partial charge >= 0.3 is 0 Å². The summed E-state index contributed by atoms with van der Waals surface area (Å²) in [6.07, 6.45) is 13.9. The third kappa shape index (κ3) is 4.06. The van der Waals surface area contributed by atoms with Gasteiger partial charge in [0.25, 0.3) is 0 Å². The van der Waals surface area contributed by atoms with Crippen LogP contribution in [0.15, 0.2) is 35.9 Å². The average molecular weight is 461 g/mol. The van der Waals surface area contributed by atoms with Crippen LogP contribution in [0, 0.1) is 17.8 Å². The molecule has 4 fully saturated rings. The molecule has 2 aliphatic carbocycles. The zero-order chi connectivity index (χ0) is 23.2. The molecular formula is C30H40N2O2. The van der Waals surface area contributed by atoms with Crippen LogP contribution in [0.4, 0.5) is 0 Å². The van der Waals surface area contributed by atoms with Crippen LogP contribution in [0.2, 0.25) is 0 Å².